The first kappa shape index (κ1) is 11.4. The van der Waals surface area contributed by atoms with Crippen molar-refractivity contribution in [1.82, 2.24) is 0 Å². The van der Waals surface area contributed by atoms with Gasteiger partial charge in [-0.25, -0.2) is 0 Å². The number of nitriles is 2. The van der Waals surface area contributed by atoms with Crippen LogP contribution in [0.15, 0.2) is 0 Å². The van der Waals surface area contributed by atoms with Crippen LogP contribution in [0.2, 0.25) is 0 Å². The molecule has 4 nitrogen and oxygen atoms in total. The summed E-state index contributed by atoms with van der Waals surface area (Å²) in [6, 6.07) is 4.27. The van der Waals surface area contributed by atoms with Gasteiger partial charge in [-0.1, -0.05) is 6.92 Å². The minimum atomic E-state index is 0.265. The molecule has 0 aliphatic carbocycles. The van der Waals surface area contributed by atoms with Crippen molar-refractivity contribution in [1.29, 1.82) is 10.5 Å². The highest BCUT2D eigenvalue weighted by Crippen LogP contribution is 2.34. The van der Waals surface area contributed by atoms with Crippen LogP contribution >= 0.6 is 11.3 Å². The van der Waals surface area contributed by atoms with E-state index in [-0.39, 0.29) is 11.7 Å². The lowest BCUT2D eigenvalue weighted by Crippen LogP contribution is -2.13. The second-order valence-electron chi connectivity index (χ2n) is 3.23. The molecule has 0 saturated heterocycles. The van der Waals surface area contributed by atoms with Gasteiger partial charge in [0, 0.05) is 6.04 Å². The highest BCUT2D eigenvalue weighted by molar-refractivity contribution is 7.17. The summed E-state index contributed by atoms with van der Waals surface area (Å²) in [6.07, 6.45) is 0.949. The van der Waals surface area contributed by atoms with Gasteiger partial charge < -0.3 is 11.1 Å². The summed E-state index contributed by atoms with van der Waals surface area (Å²) in [5.74, 6) is 0. The number of hydrogen-bond acceptors (Lipinski definition) is 5. The number of nitrogens with one attached hydrogen (secondary N) is 1. The molecule has 15 heavy (non-hydrogen) atoms. The Morgan fingerprint density at radius 3 is 2.60 bits per heavy atom. The predicted molar refractivity (Wildman–Crippen MR) is 61.5 cm³/mol. The van der Waals surface area contributed by atoms with Crippen LogP contribution in [0.4, 0.5) is 10.7 Å². The van der Waals surface area contributed by atoms with Crippen LogP contribution in [-0.4, -0.2) is 6.04 Å². The van der Waals surface area contributed by atoms with Crippen molar-refractivity contribution >= 4 is 22.0 Å². The van der Waals surface area contributed by atoms with Crippen LogP contribution in [0, 0.1) is 22.7 Å². The normalized spacial score (nSPS) is 11.5. The maximum absolute atomic E-state index is 8.92. The third-order valence-electron chi connectivity index (χ3n) is 2.15. The van der Waals surface area contributed by atoms with Gasteiger partial charge in [-0.2, -0.15) is 10.5 Å². The Balaban J connectivity index is 3.09. The van der Waals surface area contributed by atoms with Gasteiger partial charge in [0.05, 0.1) is 5.69 Å². The van der Waals surface area contributed by atoms with E-state index in [2.05, 4.69) is 5.32 Å². The van der Waals surface area contributed by atoms with E-state index in [4.69, 9.17) is 16.3 Å². The molecule has 0 radical (unpaired) electrons. The van der Waals surface area contributed by atoms with Crippen LogP contribution in [0.5, 0.6) is 0 Å². The summed E-state index contributed by atoms with van der Waals surface area (Å²) in [5, 5.41) is 21.6. The first-order chi connectivity index (χ1) is 7.13. The standard InChI is InChI=1S/C10H12N4S/c1-3-6(2)14-10-7(4-11)9(13)8(5-12)15-10/h6,14H,3,13H2,1-2H3. The van der Waals surface area contributed by atoms with Crippen LogP contribution in [0.1, 0.15) is 30.7 Å². The van der Waals surface area contributed by atoms with Crippen LogP contribution in [-0.2, 0) is 0 Å². The van der Waals surface area contributed by atoms with Crippen molar-refractivity contribution in [3.63, 3.8) is 0 Å². The molecular weight excluding hydrogens is 208 g/mol. The van der Waals surface area contributed by atoms with Crippen molar-refractivity contribution in [3.8, 4) is 12.1 Å². The maximum Gasteiger partial charge on any atom is 0.131 e. The number of nitrogens with two attached hydrogens (primary N) is 1. The molecule has 1 unspecified atom stereocenters. The Kier molecular flexibility index (Phi) is 3.54. The average Bonchev–Trinajstić information content (AvgIpc) is 2.54. The van der Waals surface area contributed by atoms with Gasteiger partial charge in [-0.05, 0) is 13.3 Å². The Bertz CT molecular complexity index is 436. The van der Waals surface area contributed by atoms with E-state index in [0.29, 0.717) is 15.4 Å². The van der Waals surface area contributed by atoms with E-state index in [1.54, 1.807) is 0 Å². The van der Waals surface area contributed by atoms with Crippen molar-refractivity contribution in [2.45, 2.75) is 26.3 Å². The second kappa shape index (κ2) is 4.68. The summed E-state index contributed by atoms with van der Waals surface area (Å²) < 4.78 is 0. The van der Waals surface area contributed by atoms with Gasteiger partial charge in [0.2, 0.25) is 0 Å². The average molecular weight is 220 g/mol. The zero-order valence-electron chi connectivity index (χ0n) is 8.66. The van der Waals surface area contributed by atoms with Gasteiger partial charge in [0.1, 0.15) is 27.6 Å². The molecule has 3 N–H and O–H groups in total. The quantitative estimate of drug-likeness (QED) is 0.818. The number of thiophene rings is 1. The molecule has 78 valence electrons. The van der Waals surface area contributed by atoms with E-state index in [0.717, 1.165) is 6.42 Å². The zero-order chi connectivity index (χ0) is 11.4. The zero-order valence-corrected chi connectivity index (χ0v) is 9.48. The molecule has 0 aliphatic rings. The fourth-order valence-corrected chi connectivity index (χ4v) is 2.05. The first-order valence-corrected chi connectivity index (χ1v) is 5.44. The Labute approximate surface area is 92.9 Å². The van der Waals surface area contributed by atoms with Crippen molar-refractivity contribution in [3.05, 3.63) is 10.4 Å². The first-order valence-electron chi connectivity index (χ1n) is 4.63. The molecule has 0 bridgehead atoms. The van der Waals surface area contributed by atoms with E-state index in [1.807, 2.05) is 26.0 Å². The molecule has 0 amide bonds. The molecule has 1 aromatic heterocycles. The van der Waals surface area contributed by atoms with Crippen LogP contribution < -0.4 is 11.1 Å². The van der Waals surface area contributed by atoms with Crippen LogP contribution in [0.3, 0.4) is 0 Å². The smallest absolute Gasteiger partial charge is 0.131 e. The summed E-state index contributed by atoms with van der Waals surface area (Å²) in [7, 11) is 0. The molecule has 1 aromatic rings. The van der Waals surface area contributed by atoms with Gasteiger partial charge >= 0.3 is 0 Å². The van der Waals surface area contributed by atoms with Crippen molar-refractivity contribution < 1.29 is 0 Å². The molecule has 0 aliphatic heterocycles. The fourth-order valence-electron chi connectivity index (χ4n) is 1.07. The summed E-state index contributed by atoms with van der Waals surface area (Å²) in [4.78, 5) is 0.400. The lowest BCUT2D eigenvalue weighted by molar-refractivity contribution is 0.766. The molecule has 1 atom stereocenters. The molecule has 0 saturated carbocycles. The minimum Gasteiger partial charge on any atom is -0.396 e. The lowest BCUT2D eigenvalue weighted by Gasteiger charge is -2.10. The number of anilines is 2. The maximum atomic E-state index is 8.92. The number of rotatable bonds is 3. The van der Waals surface area contributed by atoms with Gasteiger partial charge in [0.15, 0.2) is 0 Å². The molecular formula is C10H12N4S. The summed E-state index contributed by atoms with van der Waals surface area (Å²) in [5.41, 5.74) is 6.34. The van der Waals surface area contributed by atoms with Gasteiger partial charge in [-0.15, -0.1) is 11.3 Å². The van der Waals surface area contributed by atoms with E-state index in [9.17, 15) is 0 Å². The fraction of sp³-hybridized carbons (Fsp3) is 0.400. The number of hydrogen-bond donors (Lipinski definition) is 2. The highest BCUT2D eigenvalue weighted by Gasteiger charge is 2.16. The topological polar surface area (TPSA) is 85.6 Å². The lowest BCUT2D eigenvalue weighted by atomic mass is 10.2. The molecule has 0 fully saturated rings. The van der Waals surface area contributed by atoms with Gasteiger partial charge in [-0.3, -0.25) is 0 Å². The predicted octanol–water partition coefficient (Wildman–Crippen LogP) is 2.28. The monoisotopic (exact) mass is 220 g/mol. The number of nitrogen functional groups attached to an aromatic ring is 1. The largest absolute Gasteiger partial charge is 0.396 e. The number of nitrogens with zero attached hydrogens (tertiary/aromatic N) is 2. The Morgan fingerprint density at radius 2 is 2.13 bits per heavy atom. The van der Waals surface area contributed by atoms with Gasteiger partial charge in [0.25, 0.3) is 0 Å². The molecule has 1 heterocycles. The van der Waals surface area contributed by atoms with Crippen molar-refractivity contribution in [2.75, 3.05) is 11.1 Å². The molecule has 0 aromatic carbocycles. The van der Waals surface area contributed by atoms with E-state index < -0.39 is 0 Å². The third kappa shape index (κ3) is 2.20. The SMILES string of the molecule is CCC(C)Nc1sc(C#N)c(N)c1C#N. The van der Waals surface area contributed by atoms with Crippen molar-refractivity contribution in [2.24, 2.45) is 0 Å². The highest BCUT2D eigenvalue weighted by atomic mass is 32.1. The summed E-state index contributed by atoms with van der Waals surface area (Å²) in [6.45, 7) is 4.06. The molecule has 5 heteroatoms. The Morgan fingerprint density at radius 1 is 1.47 bits per heavy atom. The van der Waals surface area contributed by atoms with E-state index in [1.165, 1.54) is 11.3 Å². The molecule has 1 rings (SSSR count). The Hall–Kier alpha value is -1.72. The van der Waals surface area contributed by atoms with E-state index >= 15 is 0 Å². The summed E-state index contributed by atoms with van der Waals surface area (Å²) >= 11 is 1.23. The molecule has 0 spiro atoms. The minimum absolute atomic E-state index is 0.265. The second-order valence-corrected chi connectivity index (χ2v) is 4.25. The third-order valence-corrected chi connectivity index (χ3v) is 3.19. The van der Waals surface area contributed by atoms with Crippen LogP contribution in [0.25, 0.3) is 0 Å².